The first-order valence-corrected chi connectivity index (χ1v) is 7.80. The number of pyridine rings is 2. The third kappa shape index (κ3) is 3.57. The molecule has 9 heteroatoms. The molecule has 0 amide bonds. The van der Waals surface area contributed by atoms with E-state index in [4.69, 9.17) is 0 Å². The highest BCUT2D eigenvalue weighted by atomic mass is 19.4. The second-order valence-electron chi connectivity index (χ2n) is 5.74. The predicted molar refractivity (Wildman–Crippen MR) is 91.8 cm³/mol. The average molecular weight is 373 g/mol. The van der Waals surface area contributed by atoms with Crippen LogP contribution in [-0.4, -0.2) is 19.9 Å². The van der Waals surface area contributed by atoms with Crippen molar-refractivity contribution in [2.45, 2.75) is 6.18 Å². The second-order valence-corrected chi connectivity index (χ2v) is 5.74. The number of H-pyrrole nitrogens is 1. The molecule has 27 heavy (non-hydrogen) atoms. The number of rotatable bonds is 3. The summed E-state index contributed by atoms with van der Waals surface area (Å²) in [5, 5.41) is 2.91. The molecule has 0 unspecified atom stereocenters. The second kappa shape index (κ2) is 6.35. The van der Waals surface area contributed by atoms with Crippen LogP contribution in [0.4, 0.5) is 29.2 Å². The maximum atomic E-state index is 12.9. The van der Waals surface area contributed by atoms with Gasteiger partial charge < -0.3 is 10.3 Å². The number of anilines is 2. The molecule has 4 aromatic rings. The van der Waals surface area contributed by atoms with Gasteiger partial charge >= 0.3 is 6.18 Å². The Morgan fingerprint density at radius 1 is 0.926 bits per heavy atom. The van der Waals surface area contributed by atoms with Crippen LogP contribution in [0, 0.1) is 5.82 Å². The van der Waals surface area contributed by atoms with E-state index in [2.05, 4.69) is 25.3 Å². The van der Waals surface area contributed by atoms with E-state index in [1.807, 2.05) is 0 Å². The molecule has 0 saturated carbocycles. The molecule has 0 fully saturated rings. The topological polar surface area (TPSA) is 66.5 Å². The molecule has 0 aliphatic carbocycles. The Bertz CT molecular complexity index is 1100. The summed E-state index contributed by atoms with van der Waals surface area (Å²) in [6.07, 6.45) is -1.85. The van der Waals surface area contributed by atoms with Crippen LogP contribution in [0.5, 0.6) is 0 Å². The maximum Gasteiger partial charge on any atom is 0.416 e. The Hall–Kier alpha value is -3.49. The number of fused-ring (bicyclic) bond motifs is 1. The van der Waals surface area contributed by atoms with Gasteiger partial charge in [-0.25, -0.2) is 19.3 Å². The van der Waals surface area contributed by atoms with Gasteiger partial charge in [0.1, 0.15) is 23.3 Å². The van der Waals surface area contributed by atoms with Gasteiger partial charge in [-0.05, 0) is 24.3 Å². The largest absolute Gasteiger partial charge is 0.416 e. The maximum absolute atomic E-state index is 12.9. The summed E-state index contributed by atoms with van der Waals surface area (Å²) >= 11 is 0. The van der Waals surface area contributed by atoms with E-state index >= 15 is 0 Å². The van der Waals surface area contributed by atoms with Gasteiger partial charge in [0.25, 0.3) is 0 Å². The molecule has 136 valence electrons. The van der Waals surface area contributed by atoms with Gasteiger partial charge in [0.15, 0.2) is 0 Å². The van der Waals surface area contributed by atoms with Gasteiger partial charge in [0, 0.05) is 11.6 Å². The lowest BCUT2D eigenvalue weighted by Gasteiger charge is -2.07. The highest BCUT2D eigenvalue weighted by Gasteiger charge is 2.30. The zero-order chi connectivity index (χ0) is 19.0. The van der Waals surface area contributed by atoms with Crippen LogP contribution in [0.3, 0.4) is 0 Å². The van der Waals surface area contributed by atoms with Gasteiger partial charge in [-0.1, -0.05) is 12.1 Å². The van der Waals surface area contributed by atoms with Crippen LogP contribution in [0.25, 0.3) is 22.4 Å². The van der Waals surface area contributed by atoms with Crippen molar-refractivity contribution in [1.82, 2.24) is 19.9 Å². The fraction of sp³-hybridized carbons (Fsp3) is 0.0556. The van der Waals surface area contributed by atoms with Crippen molar-refractivity contribution in [3.63, 3.8) is 0 Å². The number of alkyl halides is 3. The molecule has 0 saturated heterocycles. The summed E-state index contributed by atoms with van der Waals surface area (Å²) in [4.78, 5) is 15.4. The van der Waals surface area contributed by atoms with Gasteiger partial charge in [0.05, 0.1) is 29.0 Å². The minimum absolute atomic E-state index is 0.301. The molecule has 0 bridgehead atoms. The van der Waals surface area contributed by atoms with Gasteiger partial charge in [-0.2, -0.15) is 13.2 Å². The van der Waals surface area contributed by atoms with Crippen molar-refractivity contribution in [1.29, 1.82) is 0 Å². The van der Waals surface area contributed by atoms with Crippen LogP contribution in [0.15, 0.2) is 54.9 Å². The van der Waals surface area contributed by atoms with Crippen LogP contribution < -0.4 is 5.32 Å². The van der Waals surface area contributed by atoms with E-state index in [0.29, 0.717) is 34.1 Å². The monoisotopic (exact) mass is 373 g/mol. The van der Waals surface area contributed by atoms with Crippen molar-refractivity contribution < 1.29 is 17.6 Å². The Morgan fingerprint density at radius 2 is 1.74 bits per heavy atom. The summed E-state index contributed by atoms with van der Waals surface area (Å²) in [5.74, 6) is 0.664. The molecular formula is C18H11F4N5. The number of nitrogens with one attached hydrogen (secondary N) is 2. The highest BCUT2D eigenvalue weighted by molar-refractivity contribution is 5.81. The summed E-state index contributed by atoms with van der Waals surface area (Å²) in [7, 11) is 0. The lowest BCUT2D eigenvalue weighted by atomic mass is 10.1. The van der Waals surface area contributed by atoms with E-state index in [1.165, 1.54) is 24.4 Å². The smallest absolute Gasteiger partial charge is 0.337 e. The number of aromatic amines is 1. The standard InChI is InChI=1S/C18H11F4N5/c19-12-4-5-15(23-8-12)27-16-7-13-14(9-24-16)26-17(25-13)10-2-1-3-11(6-10)18(20,21)22/h1-9H,(H,25,26)(H,23,24,27). The number of nitrogens with zero attached hydrogens (tertiary/aromatic N) is 3. The first-order valence-electron chi connectivity index (χ1n) is 7.80. The quantitative estimate of drug-likeness (QED) is 0.500. The zero-order valence-corrected chi connectivity index (χ0v) is 13.5. The molecule has 0 aliphatic rings. The third-order valence-electron chi connectivity index (χ3n) is 3.81. The number of aromatic nitrogens is 4. The van der Waals surface area contributed by atoms with Crippen LogP contribution in [0.2, 0.25) is 0 Å². The molecule has 3 heterocycles. The van der Waals surface area contributed by atoms with Crippen LogP contribution in [0.1, 0.15) is 5.56 Å². The van der Waals surface area contributed by atoms with Crippen molar-refractivity contribution >= 4 is 22.7 Å². The fourth-order valence-corrected chi connectivity index (χ4v) is 2.54. The summed E-state index contributed by atoms with van der Waals surface area (Å²) in [5.41, 5.74) is 0.654. The normalized spacial score (nSPS) is 11.7. The van der Waals surface area contributed by atoms with Gasteiger partial charge in [0.2, 0.25) is 0 Å². The van der Waals surface area contributed by atoms with E-state index in [-0.39, 0.29) is 0 Å². The zero-order valence-electron chi connectivity index (χ0n) is 13.5. The van der Waals surface area contributed by atoms with Crippen LogP contribution in [-0.2, 0) is 6.18 Å². The van der Waals surface area contributed by atoms with E-state index < -0.39 is 17.6 Å². The Morgan fingerprint density at radius 3 is 2.48 bits per heavy atom. The number of benzene rings is 1. The van der Waals surface area contributed by atoms with Gasteiger partial charge in [-0.3, -0.25) is 0 Å². The molecule has 0 aliphatic heterocycles. The van der Waals surface area contributed by atoms with Crippen molar-refractivity contribution in [3.8, 4) is 11.4 Å². The first kappa shape index (κ1) is 17.0. The molecule has 5 nitrogen and oxygen atoms in total. The van der Waals surface area contributed by atoms with Gasteiger partial charge in [-0.15, -0.1) is 0 Å². The number of halogens is 4. The predicted octanol–water partition coefficient (Wildman–Crippen LogP) is 4.92. The van der Waals surface area contributed by atoms with E-state index in [0.717, 1.165) is 18.3 Å². The lowest BCUT2D eigenvalue weighted by Crippen LogP contribution is -2.04. The molecule has 0 radical (unpaired) electrons. The molecular weight excluding hydrogens is 362 g/mol. The average Bonchev–Trinajstić information content (AvgIpc) is 3.06. The van der Waals surface area contributed by atoms with Crippen molar-refractivity contribution in [2.75, 3.05) is 5.32 Å². The Labute approximate surface area is 150 Å². The molecule has 3 aromatic heterocycles. The minimum atomic E-state index is -4.43. The van der Waals surface area contributed by atoms with Crippen molar-refractivity contribution in [2.24, 2.45) is 0 Å². The summed E-state index contributed by atoms with van der Waals surface area (Å²) < 4.78 is 51.6. The first-order chi connectivity index (χ1) is 12.9. The lowest BCUT2D eigenvalue weighted by molar-refractivity contribution is -0.137. The summed E-state index contributed by atoms with van der Waals surface area (Å²) in [6.45, 7) is 0. The molecule has 4 rings (SSSR count). The van der Waals surface area contributed by atoms with E-state index in [9.17, 15) is 17.6 Å². The number of imidazole rings is 1. The number of hydrogen-bond acceptors (Lipinski definition) is 4. The van der Waals surface area contributed by atoms with Crippen molar-refractivity contribution in [3.05, 3.63) is 66.2 Å². The van der Waals surface area contributed by atoms with E-state index in [1.54, 1.807) is 12.1 Å². The highest BCUT2D eigenvalue weighted by Crippen LogP contribution is 2.32. The minimum Gasteiger partial charge on any atom is -0.337 e. The molecule has 0 spiro atoms. The molecule has 1 aromatic carbocycles. The van der Waals surface area contributed by atoms with Crippen LogP contribution >= 0.6 is 0 Å². The molecule has 2 N–H and O–H groups in total. The molecule has 0 atom stereocenters. The Balaban J connectivity index is 1.66. The third-order valence-corrected chi connectivity index (χ3v) is 3.81. The SMILES string of the molecule is Fc1ccc(Nc2cc3nc(-c4cccc(C(F)(F)F)c4)[nH]c3cn2)nc1. The fourth-order valence-electron chi connectivity index (χ4n) is 2.54. The number of hydrogen-bond donors (Lipinski definition) is 2. The summed E-state index contributed by atoms with van der Waals surface area (Å²) in [6, 6.07) is 9.25. The Kier molecular flexibility index (Phi) is 3.98.